The molecule has 31 heavy (non-hydrogen) atoms. The van der Waals surface area contributed by atoms with Crippen molar-refractivity contribution < 1.29 is 19.8 Å². The van der Waals surface area contributed by atoms with E-state index in [1.54, 1.807) is 12.1 Å². The lowest BCUT2D eigenvalue weighted by Crippen LogP contribution is -2.51. The van der Waals surface area contributed by atoms with Crippen LogP contribution < -0.4 is 5.19 Å². The number of carboxylic acids is 1. The molecule has 0 fully saturated rings. The van der Waals surface area contributed by atoms with E-state index in [-0.39, 0.29) is 17.1 Å². The van der Waals surface area contributed by atoms with Crippen LogP contribution in [0.25, 0.3) is 5.57 Å². The molecule has 4 nitrogen and oxygen atoms in total. The number of carbonyl (C=O) groups is 2. The third-order valence-electron chi connectivity index (χ3n) is 5.59. The second-order valence-corrected chi connectivity index (χ2v) is 16.5. The van der Waals surface area contributed by atoms with Crippen LogP contribution in [0.2, 0.25) is 13.1 Å². The fraction of sp³-hybridized carbons (Fsp3) is 0.0909. The maximum Gasteiger partial charge on any atom is 0.336 e. The summed E-state index contributed by atoms with van der Waals surface area (Å²) < 4.78 is 2.78. The van der Waals surface area contributed by atoms with Gasteiger partial charge in [0, 0.05) is 0 Å². The van der Waals surface area contributed by atoms with Crippen molar-refractivity contribution in [3.05, 3.63) is 78.2 Å². The average Bonchev–Trinajstić information content (AvgIpc) is 2.69. The average molecular weight is 878 g/mol. The zero-order valence-corrected chi connectivity index (χ0v) is 25.8. The highest BCUT2D eigenvalue weighted by Crippen LogP contribution is 2.48. The first-order chi connectivity index (χ1) is 14.5. The standard InChI is InChI=1S/C22H14I4O4Si/c1-31(2)20-11(7-13(23)18(27)16(20)25)15(9-5-3-4-6-10(9)22(29)30)12-8-14(24)19(28)17(26)21(12)31/h3-8,27H,1-2H3,(H,29,30). The smallest absolute Gasteiger partial charge is 0.336 e. The number of rotatable bonds is 2. The van der Waals surface area contributed by atoms with E-state index >= 15 is 0 Å². The monoisotopic (exact) mass is 878 g/mol. The molecule has 0 unspecified atom stereocenters. The Morgan fingerprint density at radius 3 is 2.32 bits per heavy atom. The summed E-state index contributed by atoms with van der Waals surface area (Å²) in [4.78, 5) is 25.0. The quantitative estimate of drug-likeness (QED) is 0.281. The van der Waals surface area contributed by atoms with E-state index in [1.165, 1.54) is 0 Å². The van der Waals surface area contributed by atoms with Gasteiger partial charge in [0.05, 0.1) is 19.9 Å². The lowest BCUT2D eigenvalue weighted by molar-refractivity contribution is -0.110. The summed E-state index contributed by atoms with van der Waals surface area (Å²) in [6, 6.07) is 8.93. The maximum absolute atomic E-state index is 12.9. The van der Waals surface area contributed by atoms with Gasteiger partial charge >= 0.3 is 5.97 Å². The van der Waals surface area contributed by atoms with Crippen molar-refractivity contribution in [2.75, 3.05) is 0 Å². The molecular formula is C22H14I4O4Si. The fourth-order valence-electron chi connectivity index (χ4n) is 4.27. The van der Waals surface area contributed by atoms with Crippen molar-refractivity contribution in [2.45, 2.75) is 13.1 Å². The number of benzene rings is 2. The molecule has 0 amide bonds. The number of carbonyl (C=O) groups excluding carboxylic acids is 1. The summed E-state index contributed by atoms with van der Waals surface area (Å²) >= 11 is 8.50. The molecule has 0 aromatic heterocycles. The Labute approximate surface area is 234 Å². The molecule has 0 saturated carbocycles. The number of carboxylic acid groups (broad SMARTS) is 1. The Balaban J connectivity index is 2.28. The number of phenolic OH excluding ortho intramolecular Hbond substituents is 1. The van der Waals surface area contributed by atoms with E-state index in [1.807, 2.05) is 24.3 Å². The summed E-state index contributed by atoms with van der Waals surface area (Å²) in [6.45, 7) is 4.38. The first kappa shape index (κ1) is 23.9. The third kappa shape index (κ3) is 3.69. The van der Waals surface area contributed by atoms with Crippen LogP contribution in [0.4, 0.5) is 0 Å². The predicted octanol–water partition coefficient (Wildman–Crippen LogP) is 6.16. The Kier molecular flexibility index (Phi) is 6.55. The molecule has 1 aliphatic heterocycles. The van der Waals surface area contributed by atoms with Gasteiger partial charge in [0.25, 0.3) is 0 Å². The molecule has 4 rings (SSSR count). The van der Waals surface area contributed by atoms with Gasteiger partial charge in [0.1, 0.15) is 13.8 Å². The van der Waals surface area contributed by atoms with Crippen molar-refractivity contribution in [1.82, 2.24) is 0 Å². The molecule has 2 aromatic carbocycles. The summed E-state index contributed by atoms with van der Waals surface area (Å²) in [5.41, 5.74) is 3.49. The van der Waals surface area contributed by atoms with Gasteiger partial charge in [-0.1, -0.05) is 31.3 Å². The van der Waals surface area contributed by atoms with Crippen LogP contribution in [0.1, 0.15) is 21.5 Å². The number of allylic oxidation sites excluding steroid dienone is 5. The van der Waals surface area contributed by atoms with Crippen molar-refractivity contribution >= 4 is 121 Å². The van der Waals surface area contributed by atoms with Gasteiger partial charge in [-0.2, -0.15) is 0 Å². The van der Waals surface area contributed by atoms with Crippen LogP contribution in [0.3, 0.4) is 0 Å². The van der Waals surface area contributed by atoms with Crippen LogP contribution in [0.5, 0.6) is 5.75 Å². The van der Waals surface area contributed by atoms with E-state index in [2.05, 4.69) is 103 Å². The van der Waals surface area contributed by atoms with E-state index < -0.39 is 14.0 Å². The molecule has 0 bridgehead atoms. The van der Waals surface area contributed by atoms with Crippen LogP contribution in [-0.2, 0) is 4.79 Å². The van der Waals surface area contributed by atoms with Gasteiger partial charge in [-0.05, 0) is 141 Å². The summed E-state index contributed by atoms with van der Waals surface area (Å²) in [7, 11) is -2.40. The Bertz CT molecular complexity index is 1300. The number of halogens is 4. The van der Waals surface area contributed by atoms with Gasteiger partial charge in [-0.15, -0.1) is 0 Å². The highest BCUT2D eigenvalue weighted by atomic mass is 127. The highest BCUT2D eigenvalue weighted by molar-refractivity contribution is 14.1. The molecular weight excluding hydrogens is 864 g/mol. The second kappa shape index (κ2) is 8.50. The summed E-state index contributed by atoms with van der Waals surface area (Å²) in [6.07, 6.45) is 1.90. The number of fused-ring (bicyclic) bond motifs is 2. The van der Waals surface area contributed by atoms with Crippen LogP contribution in [-0.4, -0.2) is 30.0 Å². The minimum absolute atomic E-state index is 0.000383. The number of Topliss-reactive ketones (excluding diaryl/α,β-unsaturated/α-hetero) is 1. The van der Waals surface area contributed by atoms with Gasteiger partial charge in [0.15, 0.2) is 0 Å². The summed E-state index contributed by atoms with van der Waals surface area (Å²) in [5, 5.41) is 22.7. The molecule has 1 aliphatic carbocycles. The largest absolute Gasteiger partial charge is 0.506 e. The van der Waals surface area contributed by atoms with Gasteiger partial charge in [0.2, 0.25) is 5.78 Å². The summed E-state index contributed by atoms with van der Waals surface area (Å²) in [5.74, 6) is -0.765. The second-order valence-electron chi connectivity index (χ2n) is 7.72. The first-order valence-corrected chi connectivity index (χ1v) is 16.4. The number of hydrogen-bond donors (Lipinski definition) is 2. The van der Waals surface area contributed by atoms with Crippen molar-refractivity contribution in [1.29, 1.82) is 0 Å². The molecule has 158 valence electrons. The first-order valence-electron chi connectivity index (χ1n) is 9.09. The van der Waals surface area contributed by atoms with Gasteiger partial charge in [-0.3, -0.25) is 4.79 Å². The van der Waals surface area contributed by atoms with E-state index in [0.29, 0.717) is 16.3 Å². The fourth-order valence-corrected chi connectivity index (χ4v) is 15.0. The maximum atomic E-state index is 12.9. The van der Waals surface area contributed by atoms with Crippen molar-refractivity contribution in [2.24, 2.45) is 0 Å². The highest BCUT2D eigenvalue weighted by Gasteiger charge is 2.45. The Hall–Kier alpha value is -0.263. The molecule has 0 saturated heterocycles. The minimum Gasteiger partial charge on any atom is -0.506 e. The normalized spacial score (nSPS) is 17.4. The zero-order chi connectivity index (χ0) is 22.8. The lowest BCUT2D eigenvalue weighted by atomic mass is 9.87. The molecule has 2 aromatic rings. The number of aromatic carboxylic acids is 1. The zero-order valence-electron chi connectivity index (χ0n) is 16.2. The van der Waals surface area contributed by atoms with Crippen LogP contribution in [0.15, 0.2) is 54.3 Å². The Morgan fingerprint density at radius 1 is 1.03 bits per heavy atom. The predicted molar refractivity (Wildman–Crippen MR) is 158 cm³/mol. The van der Waals surface area contributed by atoms with E-state index in [4.69, 9.17) is 0 Å². The third-order valence-corrected chi connectivity index (χ3v) is 13.8. The number of ketones is 1. The molecule has 1 heterocycles. The number of phenols is 1. The lowest BCUT2D eigenvalue weighted by Gasteiger charge is -2.39. The minimum atomic E-state index is -2.40. The van der Waals surface area contributed by atoms with E-state index in [0.717, 1.165) is 30.7 Å². The van der Waals surface area contributed by atoms with Crippen LogP contribution in [0, 0.1) is 7.14 Å². The molecule has 0 atom stereocenters. The van der Waals surface area contributed by atoms with Gasteiger partial charge in [-0.25, -0.2) is 4.79 Å². The number of aromatic hydroxyl groups is 1. The Morgan fingerprint density at radius 2 is 1.68 bits per heavy atom. The molecule has 0 spiro atoms. The SMILES string of the molecule is C[Si]1(C)C2=C(I)C(=O)C(I)=CC2=C(c2ccccc2C(=O)O)c2cc(I)c(O)c(I)c21. The molecule has 0 radical (unpaired) electrons. The molecule has 2 aliphatic rings. The molecule has 2 N–H and O–H groups in total. The van der Waals surface area contributed by atoms with Crippen molar-refractivity contribution in [3.63, 3.8) is 0 Å². The van der Waals surface area contributed by atoms with Gasteiger partial charge < -0.3 is 10.2 Å². The molecule has 9 heteroatoms. The topological polar surface area (TPSA) is 74.6 Å². The van der Waals surface area contributed by atoms with Crippen LogP contribution >= 0.6 is 90.4 Å². The van der Waals surface area contributed by atoms with Crippen molar-refractivity contribution in [3.8, 4) is 5.75 Å². The van der Waals surface area contributed by atoms with E-state index in [9.17, 15) is 19.8 Å². The number of hydrogen-bond acceptors (Lipinski definition) is 3.